The predicted octanol–water partition coefficient (Wildman–Crippen LogP) is -0.168. The summed E-state index contributed by atoms with van der Waals surface area (Å²) in [5.74, 6) is -0.254. The number of aliphatic hydroxyl groups excluding tert-OH is 1. The maximum Gasteiger partial charge on any atom is 0.215 e. The smallest absolute Gasteiger partial charge is 0.215 e. The van der Waals surface area contributed by atoms with Crippen LogP contribution in [-0.2, 0) is 4.79 Å². The quantitative estimate of drug-likeness (QED) is 0.636. The van der Waals surface area contributed by atoms with Gasteiger partial charge in [0.2, 0.25) is 5.78 Å². The molecule has 1 atom stereocenters. The number of hydrogen-bond acceptors (Lipinski definition) is 4. The lowest BCUT2D eigenvalue weighted by molar-refractivity contribution is -0.126. The molecule has 0 fully saturated rings. The first-order valence-corrected chi connectivity index (χ1v) is 4.52. The van der Waals surface area contributed by atoms with Crippen LogP contribution in [0.2, 0.25) is 0 Å². The average molecular weight is 184 g/mol. The summed E-state index contributed by atoms with van der Waals surface area (Å²) in [7, 11) is 1.82. The third-order valence-corrected chi connectivity index (χ3v) is 2.28. The highest BCUT2D eigenvalue weighted by Crippen LogP contribution is 2.22. The third-order valence-electron chi connectivity index (χ3n) is 2.28. The van der Waals surface area contributed by atoms with E-state index in [4.69, 9.17) is 10.8 Å². The molecule has 0 aliphatic heterocycles. The molecule has 0 saturated heterocycles. The van der Waals surface area contributed by atoms with Crippen LogP contribution in [-0.4, -0.2) is 35.5 Å². The van der Waals surface area contributed by atoms with Crippen LogP contribution in [0.3, 0.4) is 0 Å². The largest absolute Gasteiger partial charge is 0.398 e. The number of carbonyl (C=O) groups is 1. The minimum Gasteiger partial charge on any atom is -0.398 e. The van der Waals surface area contributed by atoms with Gasteiger partial charge in [0.15, 0.2) is 6.10 Å². The fraction of sp³-hybridized carbons (Fsp3) is 0.667. The van der Waals surface area contributed by atoms with Gasteiger partial charge in [0, 0.05) is 13.6 Å². The van der Waals surface area contributed by atoms with Crippen LogP contribution in [0.1, 0.15) is 19.8 Å². The van der Waals surface area contributed by atoms with E-state index in [-0.39, 0.29) is 5.78 Å². The van der Waals surface area contributed by atoms with E-state index in [2.05, 4.69) is 6.92 Å². The van der Waals surface area contributed by atoms with Gasteiger partial charge < -0.3 is 15.7 Å². The van der Waals surface area contributed by atoms with Gasteiger partial charge >= 0.3 is 0 Å². The zero-order valence-electron chi connectivity index (χ0n) is 8.08. The van der Waals surface area contributed by atoms with E-state index in [0.717, 1.165) is 19.4 Å². The molecule has 1 aliphatic rings. The molecule has 1 rings (SSSR count). The molecule has 1 unspecified atom stereocenters. The summed E-state index contributed by atoms with van der Waals surface area (Å²) < 4.78 is 0. The van der Waals surface area contributed by atoms with Crippen molar-refractivity contribution in [3.63, 3.8) is 0 Å². The number of rotatable bonds is 4. The molecule has 0 aromatic rings. The Morgan fingerprint density at radius 1 is 1.62 bits per heavy atom. The Morgan fingerprint density at radius 2 is 2.23 bits per heavy atom. The van der Waals surface area contributed by atoms with Crippen LogP contribution in [0.5, 0.6) is 0 Å². The third kappa shape index (κ3) is 1.67. The van der Waals surface area contributed by atoms with E-state index < -0.39 is 6.10 Å². The summed E-state index contributed by atoms with van der Waals surface area (Å²) in [5.41, 5.74) is 6.29. The van der Waals surface area contributed by atoms with E-state index in [1.165, 1.54) is 0 Å². The number of carbonyl (C=O) groups excluding carboxylic acids is 1. The van der Waals surface area contributed by atoms with Crippen molar-refractivity contribution < 1.29 is 9.90 Å². The van der Waals surface area contributed by atoms with Crippen molar-refractivity contribution in [1.29, 1.82) is 0 Å². The van der Waals surface area contributed by atoms with Gasteiger partial charge in [-0.1, -0.05) is 13.3 Å². The van der Waals surface area contributed by atoms with Crippen LogP contribution < -0.4 is 5.73 Å². The Morgan fingerprint density at radius 3 is 2.69 bits per heavy atom. The first-order chi connectivity index (χ1) is 6.09. The van der Waals surface area contributed by atoms with Gasteiger partial charge in [0.1, 0.15) is 5.70 Å². The summed E-state index contributed by atoms with van der Waals surface area (Å²) in [6, 6.07) is 0. The zero-order chi connectivity index (χ0) is 10.0. The van der Waals surface area contributed by atoms with Gasteiger partial charge in [-0.15, -0.1) is 0 Å². The molecule has 13 heavy (non-hydrogen) atoms. The van der Waals surface area contributed by atoms with Crippen molar-refractivity contribution in [2.75, 3.05) is 13.6 Å². The Labute approximate surface area is 78.0 Å². The molecule has 0 bridgehead atoms. The van der Waals surface area contributed by atoms with Gasteiger partial charge in [-0.3, -0.25) is 4.79 Å². The van der Waals surface area contributed by atoms with Gasteiger partial charge in [-0.2, -0.15) is 0 Å². The fourth-order valence-electron chi connectivity index (χ4n) is 1.38. The van der Waals surface area contributed by atoms with Crippen molar-refractivity contribution in [2.24, 2.45) is 5.73 Å². The molecule has 74 valence electrons. The number of aliphatic hydroxyl groups is 1. The van der Waals surface area contributed by atoms with Gasteiger partial charge in [0.05, 0.1) is 5.70 Å². The number of Topliss-reactive ketones (excluding diaryl/α,β-unsaturated/α-hetero) is 1. The molecule has 1 aliphatic carbocycles. The van der Waals surface area contributed by atoms with Gasteiger partial charge in [-0.05, 0) is 6.42 Å². The zero-order valence-corrected chi connectivity index (χ0v) is 8.08. The maximum absolute atomic E-state index is 11.1. The molecule has 0 aromatic carbocycles. The first kappa shape index (κ1) is 10.1. The number of likely N-dealkylation sites (N-methyl/N-ethyl adjacent to an activating group) is 1. The van der Waals surface area contributed by atoms with Gasteiger partial charge in [-0.25, -0.2) is 0 Å². The molecule has 0 saturated carbocycles. The van der Waals surface area contributed by atoms with Crippen LogP contribution in [0.25, 0.3) is 0 Å². The molecule has 0 radical (unpaired) electrons. The molecule has 0 spiro atoms. The molecular formula is C9H16N2O2. The minimum atomic E-state index is -1.06. The van der Waals surface area contributed by atoms with E-state index in [9.17, 15) is 4.79 Å². The number of hydrogen-bond donors (Lipinski definition) is 2. The predicted molar refractivity (Wildman–Crippen MR) is 49.8 cm³/mol. The second-order valence-electron chi connectivity index (χ2n) is 3.35. The fourth-order valence-corrected chi connectivity index (χ4v) is 1.38. The second kappa shape index (κ2) is 3.79. The Kier molecular flexibility index (Phi) is 2.93. The highest BCUT2D eigenvalue weighted by Gasteiger charge is 2.37. The average Bonchev–Trinajstić information content (AvgIpc) is 2.14. The van der Waals surface area contributed by atoms with Crippen LogP contribution in [0.4, 0.5) is 0 Å². The standard InChI is InChI=1S/C9H16N2O2/c1-3-4-5-11(2)7-6(10)8(12)9(7)13/h8,12H,3-5,10H2,1-2H3. The van der Waals surface area contributed by atoms with Crippen molar-refractivity contribution in [3.05, 3.63) is 11.4 Å². The second-order valence-corrected chi connectivity index (χ2v) is 3.35. The lowest BCUT2D eigenvalue weighted by atomic mass is 9.95. The molecule has 0 heterocycles. The Bertz CT molecular complexity index is 248. The van der Waals surface area contributed by atoms with E-state index in [1.54, 1.807) is 0 Å². The van der Waals surface area contributed by atoms with Crippen LogP contribution in [0, 0.1) is 0 Å². The Hall–Kier alpha value is -1.03. The first-order valence-electron chi connectivity index (χ1n) is 4.52. The van der Waals surface area contributed by atoms with Crippen molar-refractivity contribution in [2.45, 2.75) is 25.9 Å². The number of nitrogens with two attached hydrogens (primary N) is 1. The minimum absolute atomic E-state index is 0.254. The lowest BCUT2D eigenvalue weighted by Crippen LogP contribution is -2.46. The van der Waals surface area contributed by atoms with Crippen LogP contribution >= 0.6 is 0 Å². The molecule has 4 nitrogen and oxygen atoms in total. The van der Waals surface area contributed by atoms with E-state index in [0.29, 0.717) is 11.4 Å². The van der Waals surface area contributed by atoms with E-state index >= 15 is 0 Å². The molecule has 0 aromatic heterocycles. The monoisotopic (exact) mass is 184 g/mol. The molecular weight excluding hydrogens is 168 g/mol. The Balaban J connectivity index is 2.58. The maximum atomic E-state index is 11.1. The highest BCUT2D eigenvalue weighted by atomic mass is 16.3. The van der Waals surface area contributed by atoms with Crippen molar-refractivity contribution >= 4 is 5.78 Å². The highest BCUT2D eigenvalue weighted by molar-refractivity contribution is 6.07. The summed E-state index contributed by atoms with van der Waals surface area (Å²) in [6.45, 7) is 2.90. The number of unbranched alkanes of at least 4 members (excludes halogenated alkanes) is 1. The molecule has 4 heteroatoms. The normalized spacial score (nSPS) is 21.8. The SMILES string of the molecule is CCCCN(C)C1=C(N)C(O)C1=O. The van der Waals surface area contributed by atoms with Gasteiger partial charge in [0.25, 0.3) is 0 Å². The topological polar surface area (TPSA) is 66.6 Å². The van der Waals surface area contributed by atoms with Crippen LogP contribution in [0.15, 0.2) is 11.4 Å². The summed E-state index contributed by atoms with van der Waals surface area (Å²) in [6.07, 6.45) is 1.05. The van der Waals surface area contributed by atoms with Crippen molar-refractivity contribution in [1.82, 2.24) is 4.90 Å². The number of ketones is 1. The summed E-state index contributed by atoms with van der Waals surface area (Å²) in [5, 5.41) is 9.07. The number of nitrogens with zero attached hydrogens (tertiary/aromatic N) is 1. The summed E-state index contributed by atoms with van der Waals surface area (Å²) >= 11 is 0. The van der Waals surface area contributed by atoms with E-state index in [1.807, 2.05) is 11.9 Å². The lowest BCUT2D eigenvalue weighted by Gasteiger charge is -2.32. The molecule has 0 amide bonds. The van der Waals surface area contributed by atoms with Crippen molar-refractivity contribution in [3.8, 4) is 0 Å². The summed E-state index contributed by atoms with van der Waals surface area (Å²) in [4.78, 5) is 13.0. The molecule has 3 N–H and O–H groups in total.